The van der Waals surface area contributed by atoms with Crippen LogP contribution in [-0.4, -0.2) is 40.4 Å². The second-order valence-electron chi connectivity index (χ2n) is 8.32. The number of ether oxygens (including phenoxy) is 1. The molecule has 0 radical (unpaired) electrons. The zero-order valence-electron chi connectivity index (χ0n) is 18.1. The number of piperidine rings is 1. The highest BCUT2D eigenvalue weighted by Crippen LogP contribution is 2.33. The van der Waals surface area contributed by atoms with Gasteiger partial charge in [0.1, 0.15) is 5.82 Å². The number of amides is 1. The maximum absolute atomic E-state index is 14.3. The number of rotatable bonds is 4. The first kappa shape index (κ1) is 21.3. The maximum atomic E-state index is 14.3. The molecule has 2 aliphatic rings. The van der Waals surface area contributed by atoms with Crippen LogP contribution in [0.1, 0.15) is 40.9 Å². The number of nitrogens with zero attached hydrogens (tertiary/aromatic N) is 4. The number of hydrogen-bond acceptors (Lipinski definition) is 5. The molecule has 0 spiro atoms. The summed E-state index contributed by atoms with van der Waals surface area (Å²) in [5, 5.41) is 0. The average molecular weight is 450 g/mol. The highest BCUT2D eigenvalue weighted by atomic mass is 19.1. The van der Waals surface area contributed by atoms with Crippen LogP contribution in [0.4, 0.5) is 14.7 Å². The molecule has 1 amide bonds. The largest absolute Gasteiger partial charge is 0.435 e. The van der Waals surface area contributed by atoms with E-state index in [9.17, 15) is 13.6 Å². The van der Waals surface area contributed by atoms with Gasteiger partial charge < -0.3 is 14.5 Å². The number of fused-ring (bicyclic) bond motifs is 1. The van der Waals surface area contributed by atoms with Crippen LogP contribution in [0.25, 0.3) is 0 Å². The first-order valence-corrected chi connectivity index (χ1v) is 11.2. The topological polar surface area (TPSA) is 58.6 Å². The van der Waals surface area contributed by atoms with E-state index in [4.69, 9.17) is 9.72 Å². The number of hydrogen-bond donors (Lipinski definition) is 0. The molecule has 0 atom stereocenters. The number of carbonyl (C=O) groups excluding carboxylic acids is 1. The molecule has 2 aliphatic heterocycles. The van der Waals surface area contributed by atoms with Gasteiger partial charge in [0, 0.05) is 31.6 Å². The monoisotopic (exact) mass is 450 g/mol. The normalized spacial score (nSPS) is 15.8. The summed E-state index contributed by atoms with van der Waals surface area (Å²) in [4.78, 5) is 26.2. The van der Waals surface area contributed by atoms with Gasteiger partial charge in [-0.3, -0.25) is 4.79 Å². The summed E-state index contributed by atoms with van der Waals surface area (Å²) >= 11 is 0. The molecule has 3 aromatic rings. The van der Waals surface area contributed by atoms with Crippen LogP contribution in [-0.2, 0) is 13.0 Å². The second kappa shape index (κ2) is 9.13. The minimum absolute atomic E-state index is 0.0663. The highest BCUT2D eigenvalue weighted by molar-refractivity contribution is 5.94. The molecular formula is C25H24F2N4O2. The van der Waals surface area contributed by atoms with Crippen LogP contribution in [0, 0.1) is 11.6 Å². The van der Waals surface area contributed by atoms with Crippen LogP contribution < -0.4 is 9.64 Å². The van der Waals surface area contributed by atoms with E-state index < -0.39 is 11.6 Å². The van der Waals surface area contributed by atoms with Crippen molar-refractivity contribution in [2.75, 3.05) is 24.5 Å². The van der Waals surface area contributed by atoms with E-state index in [2.05, 4.69) is 9.88 Å². The summed E-state index contributed by atoms with van der Waals surface area (Å²) in [7, 11) is 0. The van der Waals surface area contributed by atoms with Crippen LogP contribution in [0.5, 0.6) is 11.6 Å². The van der Waals surface area contributed by atoms with Crippen molar-refractivity contribution < 1.29 is 18.3 Å². The molecule has 5 rings (SSSR count). The molecule has 0 aliphatic carbocycles. The molecule has 0 N–H and O–H groups in total. The fourth-order valence-electron chi connectivity index (χ4n) is 4.30. The van der Waals surface area contributed by atoms with Crippen molar-refractivity contribution in [1.29, 1.82) is 0 Å². The number of anilines is 1. The summed E-state index contributed by atoms with van der Waals surface area (Å²) in [6, 6.07) is 11.8. The third kappa shape index (κ3) is 4.51. The minimum Gasteiger partial charge on any atom is -0.435 e. The molecule has 6 nitrogen and oxygen atoms in total. The molecular weight excluding hydrogens is 426 g/mol. The first-order valence-electron chi connectivity index (χ1n) is 11.2. The zero-order valence-corrected chi connectivity index (χ0v) is 18.1. The van der Waals surface area contributed by atoms with Crippen molar-refractivity contribution >= 4 is 11.9 Å². The van der Waals surface area contributed by atoms with E-state index in [0.717, 1.165) is 31.6 Å². The van der Waals surface area contributed by atoms with Crippen molar-refractivity contribution in [3.05, 3.63) is 77.0 Å². The lowest BCUT2D eigenvalue weighted by Crippen LogP contribution is -2.37. The molecule has 0 bridgehead atoms. The predicted molar refractivity (Wildman–Crippen MR) is 119 cm³/mol. The summed E-state index contributed by atoms with van der Waals surface area (Å²) < 4.78 is 33.9. The Morgan fingerprint density at radius 2 is 1.76 bits per heavy atom. The van der Waals surface area contributed by atoms with E-state index in [1.807, 2.05) is 0 Å². The Morgan fingerprint density at radius 1 is 0.939 bits per heavy atom. The quantitative estimate of drug-likeness (QED) is 0.575. The lowest BCUT2D eigenvalue weighted by Gasteiger charge is -2.32. The van der Waals surface area contributed by atoms with Crippen LogP contribution >= 0.6 is 0 Å². The van der Waals surface area contributed by atoms with Gasteiger partial charge in [-0.1, -0.05) is 18.2 Å². The van der Waals surface area contributed by atoms with Crippen molar-refractivity contribution in [3.8, 4) is 11.6 Å². The number of aromatic nitrogens is 2. The van der Waals surface area contributed by atoms with Crippen molar-refractivity contribution in [2.45, 2.75) is 32.2 Å². The Hall–Kier alpha value is -3.55. The number of para-hydroxylation sites is 1. The number of carbonyl (C=O) groups is 1. The Bertz CT molecular complexity index is 1180. The van der Waals surface area contributed by atoms with E-state index in [1.165, 1.54) is 30.7 Å². The minimum atomic E-state index is -0.493. The third-order valence-electron chi connectivity index (χ3n) is 6.05. The van der Waals surface area contributed by atoms with Gasteiger partial charge >= 0.3 is 0 Å². The summed E-state index contributed by atoms with van der Waals surface area (Å²) in [5.74, 6) is -0.343. The molecule has 8 heteroatoms. The smallest absolute Gasteiger partial charge is 0.254 e. The highest BCUT2D eigenvalue weighted by Gasteiger charge is 2.29. The summed E-state index contributed by atoms with van der Waals surface area (Å²) in [6.07, 6.45) is 3.82. The van der Waals surface area contributed by atoms with E-state index in [1.54, 1.807) is 29.2 Å². The number of benzene rings is 2. The average Bonchev–Trinajstić information content (AvgIpc) is 2.85. The van der Waals surface area contributed by atoms with Gasteiger partial charge in [-0.05, 0) is 49.6 Å². The Kier molecular flexibility index (Phi) is 5.90. The van der Waals surface area contributed by atoms with Gasteiger partial charge in [0.05, 0.1) is 17.8 Å². The number of halogens is 2. The van der Waals surface area contributed by atoms with Crippen LogP contribution in [0.2, 0.25) is 0 Å². The third-order valence-corrected chi connectivity index (χ3v) is 6.05. The van der Waals surface area contributed by atoms with Crippen molar-refractivity contribution in [1.82, 2.24) is 14.9 Å². The molecule has 1 aromatic heterocycles. The van der Waals surface area contributed by atoms with Gasteiger partial charge in [-0.2, -0.15) is 4.98 Å². The molecule has 0 unspecified atom stereocenters. The Morgan fingerprint density at radius 3 is 2.55 bits per heavy atom. The second-order valence-corrected chi connectivity index (χ2v) is 8.32. The van der Waals surface area contributed by atoms with Gasteiger partial charge in [0.2, 0.25) is 11.8 Å². The van der Waals surface area contributed by atoms with Gasteiger partial charge in [-0.15, -0.1) is 0 Å². The first-order chi connectivity index (χ1) is 16.1. The predicted octanol–water partition coefficient (Wildman–Crippen LogP) is 4.74. The molecule has 170 valence electrons. The lowest BCUT2D eigenvalue weighted by atomic mass is 10.0. The molecule has 0 saturated carbocycles. The van der Waals surface area contributed by atoms with Gasteiger partial charge in [-0.25, -0.2) is 13.8 Å². The fourth-order valence-corrected chi connectivity index (χ4v) is 4.30. The molecule has 2 aromatic carbocycles. The van der Waals surface area contributed by atoms with Crippen LogP contribution in [0.3, 0.4) is 0 Å². The summed E-state index contributed by atoms with van der Waals surface area (Å²) in [6.45, 7) is 2.37. The summed E-state index contributed by atoms with van der Waals surface area (Å²) in [5.41, 5.74) is 1.72. The fraction of sp³-hybridized carbons (Fsp3) is 0.320. The van der Waals surface area contributed by atoms with Gasteiger partial charge in [0.15, 0.2) is 11.6 Å². The molecule has 3 heterocycles. The van der Waals surface area contributed by atoms with Crippen molar-refractivity contribution in [2.24, 2.45) is 0 Å². The van der Waals surface area contributed by atoms with Gasteiger partial charge in [0.25, 0.3) is 5.91 Å². The molecule has 1 fully saturated rings. The maximum Gasteiger partial charge on any atom is 0.254 e. The van der Waals surface area contributed by atoms with E-state index >= 15 is 0 Å². The molecule has 1 saturated heterocycles. The van der Waals surface area contributed by atoms with E-state index in [-0.39, 0.29) is 29.6 Å². The van der Waals surface area contributed by atoms with Crippen molar-refractivity contribution in [3.63, 3.8) is 0 Å². The Balaban J connectivity index is 1.50. The molecule has 33 heavy (non-hydrogen) atoms. The lowest BCUT2D eigenvalue weighted by molar-refractivity contribution is 0.0731. The standard InChI is InChI=1S/C25H24F2N4O2/c26-18-8-6-7-17(15-18)24(32)31-14-11-21-19(16-31)23(33-22-10-3-2-9-20(22)27)29-25(28-21)30-12-4-1-5-13-30/h2-3,6-10,15H,1,4-5,11-14,16H2. The van der Waals surface area contributed by atoms with Crippen LogP contribution in [0.15, 0.2) is 48.5 Å². The van der Waals surface area contributed by atoms with E-state index in [0.29, 0.717) is 24.5 Å². The Labute approximate surface area is 190 Å². The SMILES string of the molecule is O=C(c1cccc(F)c1)N1CCc2nc(N3CCCCC3)nc(Oc3ccccc3F)c2C1. The zero-order chi connectivity index (χ0) is 22.8.